The molecule has 0 bridgehead atoms. The van der Waals surface area contributed by atoms with Crippen LogP contribution in [0.2, 0.25) is 5.02 Å². The molecule has 9 heteroatoms. The Kier molecular flexibility index (Phi) is 8.81. The van der Waals surface area contributed by atoms with Crippen molar-refractivity contribution >= 4 is 17.6 Å². The molecule has 2 unspecified atom stereocenters. The molecular formula is C23H28ClF3NO4+. The molecule has 2 rings (SSSR count). The van der Waals surface area contributed by atoms with E-state index < -0.39 is 24.3 Å². The maximum absolute atomic E-state index is 13.4. The number of carbonyl (C=O) groups is 1. The summed E-state index contributed by atoms with van der Waals surface area (Å²) >= 11 is 5.94. The van der Waals surface area contributed by atoms with Crippen LogP contribution in [0.1, 0.15) is 61.1 Å². The average Bonchev–Trinajstić information content (AvgIpc) is 2.74. The number of ether oxygens (including phenoxy) is 2. The van der Waals surface area contributed by atoms with Gasteiger partial charge < -0.3 is 20.3 Å². The van der Waals surface area contributed by atoms with Gasteiger partial charge in [0, 0.05) is 10.6 Å². The molecule has 0 aliphatic heterocycles. The van der Waals surface area contributed by atoms with Crippen molar-refractivity contribution in [2.45, 2.75) is 57.9 Å². The largest absolute Gasteiger partial charge is 0.593 e. The highest BCUT2D eigenvalue weighted by Crippen LogP contribution is 2.44. The maximum Gasteiger partial charge on any atom is 0.408 e. The second kappa shape index (κ2) is 10.9. The highest BCUT2D eigenvalue weighted by molar-refractivity contribution is 6.30. The quantitative estimate of drug-likeness (QED) is 0.382. The van der Waals surface area contributed by atoms with Crippen LogP contribution in [-0.2, 0) is 22.4 Å². The molecule has 0 amide bonds. The Balaban J connectivity index is 2.69. The van der Waals surface area contributed by atoms with E-state index in [2.05, 4.69) is 0 Å². The number of benzene rings is 2. The molecule has 0 fully saturated rings. The number of nitrogens with two attached hydrogens (primary N) is 1. The lowest BCUT2D eigenvalue weighted by Crippen LogP contribution is -2.29. The normalized spacial score (nSPS) is 13.5. The van der Waals surface area contributed by atoms with Gasteiger partial charge in [-0.3, -0.25) is 0 Å². The molecular weight excluding hydrogens is 447 g/mol. The van der Waals surface area contributed by atoms with Gasteiger partial charge in [0.2, 0.25) is 6.10 Å². The van der Waals surface area contributed by atoms with Gasteiger partial charge in [-0.1, -0.05) is 50.4 Å². The predicted molar refractivity (Wildman–Crippen MR) is 117 cm³/mol. The fraction of sp³-hybridized carbons (Fsp3) is 0.435. The van der Waals surface area contributed by atoms with Crippen molar-refractivity contribution in [3.05, 3.63) is 57.6 Å². The number of rotatable bonds is 9. The third kappa shape index (κ3) is 5.86. The summed E-state index contributed by atoms with van der Waals surface area (Å²) in [5.41, 5.74) is 6.37. The molecule has 2 aromatic rings. The Morgan fingerprint density at radius 3 is 2.25 bits per heavy atom. The summed E-state index contributed by atoms with van der Waals surface area (Å²) in [5, 5.41) is 8.93. The lowest BCUT2D eigenvalue weighted by molar-refractivity contribution is -0.149. The van der Waals surface area contributed by atoms with Crippen LogP contribution in [0.5, 0.6) is 11.5 Å². The van der Waals surface area contributed by atoms with E-state index in [1.54, 1.807) is 24.3 Å². The summed E-state index contributed by atoms with van der Waals surface area (Å²) in [6.45, 7) is 3.72. The third-order valence-electron chi connectivity index (χ3n) is 5.02. The summed E-state index contributed by atoms with van der Waals surface area (Å²) in [6.07, 6.45) is -4.02. The zero-order valence-electron chi connectivity index (χ0n) is 18.2. The second-order valence-corrected chi connectivity index (χ2v) is 7.84. The maximum atomic E-state index is 13.4. The van der Waals surface area contributed by atoms with E-state index in [0.29, 0.717) is 35.4 Å². The summed E-state index contributed by atoms with van der Waals surface area (Å²) in [7, 11) is 1.22. The zero-order chi connectivity index (χ0) is 24.1. The van der Waals surface area contributed by atoms with Crippen molar-refractivity contribution in [3.8, 4) is 11.5 Å². The van der Waals surface area contributed by atoms with Crippen LogP contribution in [0.15, 0.2) is 30.3 Å². The Bertz CT molecular complexity index is 932. The van der Waals surface area contributed by atoms with Gasteiger partial charge >= 0.3 is 12.1 Å². The first kappa shape index (κ1) is 25.8. The van der Waals surface area contributed by atoms with Gasteiger partial charge in [-0.15, -0.1) is 0 Å². The molecule has 5 nitrogen and oxygen atoms in total. The van der Waals surface area contributed by atoms with Crippen LogP contribution in [0.3, 0.4) is 0 Å². The van der Waals surface area contributed by atoms with Crippen molar-refractivity contribution in [3.63, 3.8) is 0 Å². The van der Waals surface area contributed by atoms with E-state index in [4.69, 9.17) is 31.9 Å². The van der Waals surface area contributed by atoms with E-state index in [9.17, 15) is 18.0 Å². The summed E-state index contributed by atoms with van der Waals surface area (Å²) in [5.74, 6) is -0.784. The molecule has 0 aliphatic carbocycles. The molecule has 0 spiro atoms. The van der Waals surface area contributed by atoms with Crippen molar-refractivity contribution in [2.24, 2.45) is 5.73 Å². The monoisotopic (exact) mass is 474 g/mol. The molecule has 176 valence electrons. The number of hydrogen-bond donors (Lipinski definition) is 1. The molecule has 0 aliphatic rings. The van der Waals surface area contributed by atoms with Gasteiger partial charge in [0.05, 0.1) is 18.2 Å². The molecule has 4 N–H and O–H groups in total. The van der Waals surface area contributed by atoms with Crippen LogP contribution in [0.25, 0.3) is 0 Å². The van der Waals surface area contributed by atoms with Gasteiger partial charge in [-0.2, -0.15) is 13.2 Å². The molecule has 32 heavy (non-hydrogen) atoms. The van der Waals surface area contributed by atoms with Gasteiger partial charge in [-0.25, -0.2) is 4.79 Å². The number of esters is 1. The first-order valence-corrected chi connectivity index (χ1v) is 10.6. The number of hydrogen-bond acceptors (Lipinski definition) is 4. The molecule has 0 heterocycles. The Labute approximate surface area is 190 Å². The van der Waals surface area contributed by atoms with E-state index >= 15 is 0 Å². The number of carbonyl (C=O) groups excluding carboxylic acids is 1. The minimum atomic E-state index is -4.69. The zero-order valence-corrected chi connectivity index (χ0v) is 18.9. The van der Waals surface area contributed by atoms with Crippen molar-refractivity contribution in [2.75, 3.05) is 7.11 Å². The van der Waals surface area contributed by atoms with E-state index in [0.717, 1.165) is 0 Å². The molecule has 2 aromatic carbocycles. The predicted octanol–water partition coefficient (Wildman–Crippen LogP) is 5.54. The van der Waals surface area contributed by atoms with Gasteiger partial charge in [-0.05, 0) is 36.6 Å². The first-order valence-electron chi connectivity index (χ1n) is 10.3. The van der Waals surface area contributed by atoms with E-state index in [1.807, 2.05) is 13.8 Å². The topological polar surface area (TPSA) is 84.5 Å². The van der Waals surface area contributed by atoms with Crippen LogP contribution in [-0.4, -0.2) is 24.4 Å². The van der Waals surface area contributed by atoms with Gasteiger partial charge in [0.25, 0.3) is 5.75 Å². The number of alkyl halides is 3. The molecule has 0 aromatic heterocycles. The van der Waals surface area contributed by atoms with Crippen molar-refractivity contribution in [1.82, 2.24) is 0 Å². The summed E-state index contributed by atoms with van der Waals surface area (Å²) in [6, 6.07) is 5.39. The number of halogens is 4. The Morgan fingerprint density at radius 1 is 1.16 bits per heavy atom. The fourth-order valence-corrected chi connectivity index (χ4v) is 3.56. The Hall–Kier alpha value is -2.45. The van der Waals surface area contributed by atoms with E-state index in [-0.39, 0.29) is 29.0 Å². The average molecular weight is 475 g/mol. The molecule has 2 atom stereocenters. The number of methoxy groups -OCH3 is 1. The molecule has 0 saturated heterocycles. The third-order valence-corrected chi connectivity index (χ3v) is 5.27. The summed E-state index contributed by atoms with van der Waals surface area (Å²) < 4.78 is 51.1. The highest BCUT2D eigenvalue weighted by Gasteiger charge is 2.42. The molecule has 0 radical (unpaired) electrons. The summed E-state index contributed by atoms with van der Waals surface area (Å²) in [4.78, 5) is 12.5. The SMILES string of the molecule is CCCc1cc(C(N)C(F)(F)F)c([OH2+])c(CCC)c1OC(C(=O)OC)c1ccc(Cl)cc1. The second-order valence-electron chi connectivity index (χ2n) is 7.40. The van der Waals surface area contributed by atoms with Gasteiger partial charge in [0.1, 0.15) is 11.8 Å². The minimum absolute atomic E-state index is 0.224. The molecule has 0 saturated carbocycles. The minimum Gasteiger partial charge on any atom is -0.593 e. The Morgan fingerprint density at radius 2 is 1.75 bits per heavy atom. The fourth-order valence-electron chi connectivity index (χ4n) is 3.43. The lowest BCUT2D eigenvalue weighted by Gasteiger charge is -2.24. The standard InChI is InChI=1S/C23H27ClF3NO4/c1-4-6-14-12-17(21(28)23(25,26)27)18(29)16(7-5-2)19(14)32-20(22(30)31-3)13-8-10-15(24)11-9-13/h8-12,20-21,29H,4-7,28H2,1-3H3/p+1. The van der Waals surface area contributed by atoms with Crippen LogP contribution in [0, 0.1) is 0 Å². The highest BCUT2D eigenvalue weighted by atomic mass is 35.5. The smallest absolute Gasteiger partial charge is 0.408 e. The number of aryl methyl sites for hydroxylation is 1. The lowest BCUT2D eigenvalue weighted by atomic mass is 9.93. The van der Waals surface area contributed by atoms with Crippen molar-refractivity contribution < 1.29 is 32.5 Å². The van der Waals surface area contributed by atoms with Gasteiger partial charge in [0.15, 0.2) is 0 Å². The first-order chi connectivity index (χ1) is 15.0. The van der Waals surface area contributed by atoms with Crippen LogP contribution < -0.4 is 10.5 Å². The van der Waals surface area contributed by atoms with Crippen molar-refractivity contribution in [1.29, 1.82) is 0 Å². The van der Waals surface area contributed by atoms with Crippen LogP contribution in [0.4, 0.5) is 13.2 Å². The van der Waals surface area contributed by atoms with Crippen LogP contribution >= 0.6 is 11.6 Å². The van der Waals surface area contributed by atoms with E-state index in [1.165, 1.54) is 13.2 Å².